The van der Waals surface area contributed by atoms with E-state index in [1.54, 1.807) is 6.07 Å². The van der Waals surface area contributed by atoms with Gasteiger partial charge >= 0.3 is 0 Å². The maximum absolute atomic E-state index is 12.0. The molecule has 0 aliphatic rings. The molecule has 6 nitrogen and oxygen atoms in total. The third-order valence-corrected chi connectivity index (χ3v) is 3.33. The van der Waals surface area contributed by atoms with Gasteiger partial charge in [0.1, 0.15) is 5.76 Å². The number of nitrogens with one attached hydrogen (secondary N) is 1. The molecule has 0 aromatic carbocycles. The zero-order valence-corrected chi connectivity index (χ0v) is 13.2. The van der Waals surface area contributed by atoms with Crippen LogP contribution in [-0.2, 0) is 16.8 Å². The van der Waals surface area contributed by atoms with Crippen molar-refractivity contribution in [3.05, 3.63) is 29.3 Å². The number of carbonyl (C=O) groups is 1. The molecule has 0 spiro atoms. The summed E-state index contributed by atoms with van der Waals surface area (Å²) in [4.78, 5) is 12.0. The van der Waals surface area contributed by atoms with E-state index in [0.29, 0.717) is 18.7 Å². The van der Waals surface area contributed by atoms with E-state index in [1.807, 2.05) is 24.7 Å². The van der Waals surface area contributed by atoms with Crippen LogP contribution >= 0.6 is 0 Å². The lowest BCUT2D eigenvalue weighted by molar-refractivity contribution is -0.116. The van der Waals surface area contributed by atoms with E-state index in [1.165, 1.54) is 0 Å². The number of aryl methyl sites for hydroxylation is 2. The van der Waals surface area contributed by atoms with Gasteiger partial charge < -0.3 is 9.84 Å². The second-order valence-electron chi connectivity index (χ2n) is 6.17. The molecule has 0 atom stereocenters. The average Bonchev–Trinajstić information content (AvgIpc) is 2.95. The highest BCUT2D eigenvalue weighted by molar-refractivity contribution is 5.89. The summed E-state index contributed by atoms with van der Waals surface area (Å²) in [5.41, 5.74) is 1.75. The molecule has 0 bridgehead atoms. The summed E-state index contributed by atoms with van der Waals surface area (Å²) in [6.07, 6.45) is 2.86. The SMILES string of the molecule is Cc1noc(C)c1CCC(=O)Nc1ccn(C(C)(C)C)n1. The topological polar surface area (TPSA) is 73.0 Å². The lowest BCUT2D eigenvalue weighted by Gasteiger charge is -2.18. The van der Waals surface area contributed by atoms with Crippen molar-refractivity contribution in [2.45, 2.75) is 53.0 Å². The monoisotopic (exact) mass is 290 g/mol. The van der Waals surface area contributed by atoms with Crippen molar-refractivity contribution in [3.63, 3.8) is 0 Å². The molecule has 0 aliphatic heterocycles. The normalized spacial score (nSPS) is 11.7. The van der Waals surface area contributed by atoms with Gasteiger partial charge in [-0.05, 0) is 41.0 Å². The smallest absolute Gasteiger partial charge is 0.225 e. The Labute approximate surface area is 124 Å². The number of anilines is 1. The molecule has 6 heteroatoms. The largest absolute Gasteiger partial charge is 0.361 e. The van der Waals surface area contributed by atoms with Crippen LogP contribution in [0.5, 0.6) is 0 Å². The van der Waals surface area contributed by atoms with E-state index in [2.05, 4.69) is 36.3 Å². The van der Waals surface area contributed by atoms with Gasteiger partial charge in [0.05, 0.1) is 11.2 Å². The molecule has 0 radical (unpaired) electrons. The third kappa shape index (κ3) is 3.71. The van der Waals surface area contributed by atoms with E-state index in [9.17, 15) is 4.79 Å². The first-order chi connectivity index (χ1) is 9.77. The second kappa shape index (κ2) is 5.71. The Morgan fingerprint density at radius 2 is 2.10 bits per heavy atom. The molecule has 1 N–H and O–H groups in total. The van der Waals surface area contributed by atoms with Crippen molar-refractivity contribution in [1.29, 1.82) is 0 Å². The molecule has 21 heavy (non-hydrogen) atoms. The van der Waals surface area contributed by atoms with E-state index in [4.69, 9.17) is 4.52 Å². The number of carbonyl (C=O) groups excluding carboxylic acids is 1. The lowest BCUT2D eigenvalue weighted by Crippen LogP contribution is -2.22. The molecule has 2 heterocycles. The van der Waals surface area contributed by atoms with Crippen molar-refractivity contribution in [2.24, 2.45) is 0 Å². The Bertz CT molecular complexity index is 615. The molecule has 0 aliphatic carbocycles. The van der Waals surface area contributed by atoms with Crippen LogP contribution in [0.3, 0.4) is 0 Å². The summed E-state index contributed by atoms with van der Waals surface area (Å²) in [6, 6.07) is 1.80. The predicted molar refractivity (Wildman–Crippen MR) is 80.2 cm³/mol. The van der Waals surface area contributed by atoms with Crippen LogP contribution in [0, 0.1) is 13.8 Å². The number of hydrogen-bond donors (Lipinski definition) is 1. The van der Waals surface area contributed by atoms with Gasteiger partial charge in [-0.3, -0.25) is 9.48 Å². The van der Waals surface area contributed by atoms with E-state index in [0.717, 1.165) is 17.0 Å². The average molecular weight is 290 g/mol. The summed E-state index contributed by atoms with van der Waals surface area (Å²) >= 11 is 0. The Kier molecular flexibility index (Phi) is 4.16. The van der Waals surface area contributed by atoms with Gasteiger partial charge in [-0.25, -0.2) is 0 Å². The minimum Gasteiger partial charge on any atom is -0.361 e. The third-order valence-electron chi connectivity index (χ3n) is 3.33. The number of amides is 1. The number of aromatic nitrogens is 3. The van der Waals surface area contributed by atoms with Gasteiger partial charge in [-0.2, -0.15) is 5.10 Å². The lowest BCUT2D eigenvalue weighted by atomic mass is 10.1. The molecule has 0 saturated carbocycles. The van der Waals surface area contributed by atoms with Crippen molar-refractivity contribution in [1.82, 2.24) is 14.9 Å². The van der Waals surface area contributed by atoms with Gasteiger partial charge in [0.2, 0.25) is 5.91 Å². The van der Waals surface area contributed by atoms with Crippen LogP contribution in [0.1, 0.15) is 44.2 Å². The highest BCUT2D eigenvalue weighted by Crippen LogP contribution is 2.16. The van der Waals surface area contributed by atoms with Gasteiger partial charge in [0.25, 0.3) is 0 Å². The summed E-state index contributed by atoms with van der Waals surface area (Å²) in [5, 5.41) is 11.1. The molecule has 2 rings (SSSR count). The Balaban J connectivity index is 1.92. The first kappa shape index (κ1) is 15.3. The molecule has 2 aromatic rings. The number of hydrogen-bond acceptors (Lipinski definition) is 4. The Hall–Kier alpha value is -2.11. The van der Waals surface area contributed by atoms with Crippen LogP contribution in [0.2, 0.25) is 0 Å². The van der Waals surface area contributed by atoms with Crippen molar-refractivity contribution >= 4 is 11.7 Å². The quantitative estimate of drug-likeness (QED) is 0.939. The Morgan fingerprint density at radius 3 is 2.62 bits per heavy atom. The molecule has 0 fully saturated rings. The number of nitrogens with zero attached hydrogens (tertiary/aromatic N) is 3. The molecular formula is C15H22N4O2. The van der Waals surface area contributed by atoms with E-state index in [-0.39, 0.29) is 11.4 Å². The van der Waals surface area contributed by atoms with E-state index < -0.39 is 0 Å². The summed E-state index contributed by atoms with van der Waals surface area (Å²) in [7, 11) is 0. The van der Waals surface area contributed by atoms with Crippen molar-refractivity contribution < 1.29 is 9.32 Å². The van der Waals surface area contributed by atoms with Crippen molar-refractivity contribution in [2.75, 3.05) is 5.32 Å². The standard InChI is InChI=1S/C15H22N4O2/c1-10-12(11(2)21-18-10)6-7-14(20)16-13-8-9-19(17-13)15(3,4)5/h8-9H,6-7H2,1-5H3,(H,16,17,20). The van der Waals surface area contributed by atoms with Crippen LogP contribution in [-0.4, -0.2) is 20.8 Å². The molecule has 2 aromatic heterocycles. The fourth-order valence-corrected chi connectivity index (χ4v) is 2.07. The minimum atomic E-state index is -0.0976. The van der Waals surface area contributed by atoms with Gasteiger partial charge in [0.15, 0.2) is 5.82 Å². The highest BCUT2D eigenvalue weighted by atomic mass is 16.5. The van der Waals surface area contributed by atoms with Gasteiger partial charge in [0, 0.05) is 24.2 Å². The fourth-order valence-electron chi connectivity index (χ4n) is 2.07. The van der Waals surface area contributed by atoms with E-state index >= 15 is 0 Å². The van der Waals surface area contributed by atoms with Crippen LogP contribution in [0.15, 0.2) is 16.8 Å². The fraction of sp³-hybridized carbons (Fsp3) is 0.533. The molecule has 0 saturated heterocycles. The summed E-state index contributed by atoms with van der Waals surface area (Å²) < 4.78 is 6.92. The van der Waals surface area contributed by atoms with Crippen LogP contribution < -0.4 is 5.32 Å². The van der Waals surface area contributed by atoms with Crippen LogP contribution in [0.4, 0.5) is 5.82 Å². The van der Waals surface area contributed by atoms with Gasteiger partial charge in [-0.1, -0.05) is 5.16 Å². The molecule has 114 valence electrons. The first-order valence-corrected chi connectivity index (χ1v) is 7.05. The number of rotatable bonds is 4. The zero-order valence-electron chi connectivity index (χ0n) is 13.2. The second-order valence-corrected chi connectivity index (χ2v) is 6.17. The maximum Gasteiger partial charge on any atom is 0.225 e. The zero-order chi connectivity index (χ0) is 15.6. The molecular weight excluding hydrogens is 268 g/mol. The minimum absolute atomic E-state index is 0.0610. The highest BCUT2D eigenvalue weighted by Gasteiger charge is 2.15. The first-order valence-electron chi connectivity index (χ1n) is 7.05. The summed E-state index contributed by atoms with van der Waals surface area (Å²) in [6.45, 7) is 9.92. The van der Waals surface area contributed by atoms with Gasteiger partial charge in [-0.15, -0.1) is 0 Å². The Morgan fingerprint density at radius 1 is 1.38 bits per heavy atom. The maximum atomic E-state index is 12.0. The van der Waals surface area contributed by atoms with Crippen LogP contribution in [0.25, 0.3) is 0 Å². The molecule has 0 unspecified atom stereocenters. The summed E-state index contributed by atoms with van der Waals surface area (Å²) in [5.74, 6) is 1.29. The predicted octanol–water partition coefficient (Wildman–Crippen LogP) is 2.81. The van der Waals surface area contributed by atoms with Crippen molar-refractivity contribution in [3.8, 4) is 0 Å². The molecule has 1 amide bonds.